The summed E-state index contributed by atoms with van der Waals surface area (Å²) in [5.41, 5.74) is 6.54. The maximum atomic E-state index is 2.55. The molecule has 0 fully saturated rings. The molecule has 1 aromatic carbocycles. The highest BCUT2D eigenvalue weighted by molar-refractivity contribution is 5.75. The van der Waals surface area contributed by atoms with Crippen molar-refractivity contribution in [2.24, 2.45) is 10.8 Å². The van der Waals surface area contributed by atoms with E-state index in [0.29, 0.717) is 5.41 Å². The van der Waals surface area contributed by atoms with Crippen LogP contribution < -0.4 is 0 Å². The van der Waals surface area contributed by atoms with Gasteiger partial charge in [0, 0.05) is 5.41 Å². The van der Waals surface area contributed by atoms with E-state index in [0.717, 1.165) is 12.8 Å². The second-order valence-corrected chi connectivity index (χ2v) is 7.89. The first-order chi connectivity index (χ1) is 12.4. The highest BCUT2D eigenvalue weighted by atomic mass is 14.5. The van der Waals surface area contributed by atoms with Gasteiger partial charge in [0.1, 0.15) is 0 Å². The summed E-state index contributed by atoms with van der Waals surface area (Å²) < 4.78 is 0. The normalized spacial score (nSPS) is 26.9. The Bertz CT molecular complexity index is 601. The Hall–Kier alpha value is -1.30. The van der Waals surface area contributed by atoms with E-state index in [1.807, 2.05) is 13.8 Å². The third-order valence-electron chi connectivity index (χ3n) is 6.19. The number of hydrogen-bond acceptors (Lipinski definition) is 0. The van der Waals surface area contributed by atoms with E-state index in [-0.39, 0.29) is 5.41 Å². The number of aryl methyl sites for hydroxylation is 1. The van der Waals surface area contributed by atoms with Crippen molar-refractivity contribution in [2.75, 3.05) is 0 Å². The van der Waals surface area contributed by atoms with Crippen LogP contribution in [0.5, 0.6) is 0 Å². The minimum Gasteiger partial charge on any atom is -0.0842 e. The first-order valence-electron chi connectivity index (χ1n) is 11.0. The second-order valence-electron chi connectivity index (χ2n) is 7.89. The molecule has 0 radical (unpaired) electrons. The van der Waals surface area contributed by atoms with E-state index in [4.69, 9.17) is 0 Å². The zero-order valence-corrected chi connectivity index (χ0v) is 18.7. The lowest BCUT2D eigenvalue weighted by molar-refractivity contribution is 0.280. The fraction of sp³-hybridized carbons (Fsp3) is 0.615. The summed E-state index contributed by atoms with van der Waals surface area (Å²) >= 11 is 0. The quantitative estimate of drug-likeness (QED) is 0.448. The monoisotopic (exact) mass is 354 g/mol. The molecule has 26 heavy (non-hydrogen) atoms. The van der Waals surface area contributed by atoms with Crippen molar-refractivity contribution in [2.45, 2.75) is 93.9 Å². The van der Waals surface area contributed by atoms with Crippen molar-refractivity contribution in [3.05, 3.63) is 53.1 Å². The molecular weight excluding hydrogens is 312 g/mol. The predicted molar refractivity (Wildman–Crippen MR) is 120 cm³/mol. The zero-order valence-electron chi connectivity index (χ0n) is 18.7. The molecule has 1 aromatic rings. The van der Waals surface area contributed by atoms with E-state index in [9.17, 15) is 0 Å². The molecule has 0 bridgehead atoms. The number of hydrogen-bond donors (Lipinski definition) is 0. The molecule has 0 saturated carbocycles. The zero-order chi connectivity index (χ0) is 19.8. The molecule has 0 nitrogen and oxygen atoms in total. The van der Waals surface area contributed by atoms with Crippen LogP contribution in [0.25, 0.3) is 5.57 Å². The van der Waals surface area contributed by atoms with Crippen LogP contribution in [-0.4, -0.2) is 0 Å². The van der Waals surface area contributed by atoms with Crippen molar-refractivity contribution >= 4 is 5.57 Å². The Kier molecular flexibility index (Phi) is 8.87. The van der Waals surface area contributed by atoms with Gasteiger partial charge in [0.2, 0.25) is 0 Å². The molecular formula is C26H42. The van der Waals surface area contributed by atoms with Crippen molar-refractivity contribution in [3.8, 4) is 0 Å². The van der Waals surface area contributed by atoms with Crippen molar-refractivity contribution in [3.63, 3.8) is 0 Å². The Morgan fingerprint density at radius 2 is 1.58 bits per heavy atom. The predicted octanol–water partition coefficient (Wildman–Crippen LogP) is 8.62. The third kappa shape index (κ3) is 4.51. The molecule has 2 rings (SSSR count). The van der Waals surface area contributed by atoms with Gasteiger partial charge in [-0.25, -0.2) is 0 Å². The van der Waals surface area contributed by atoms with Gasteiger partial charge in [-0.1, -0.05) is 104 Å². The molecule has 0 heteroatoms. The molecule has 0 saturated heterocycles. The van der Waals surface area contributed by atoms with Gasteiger partial charge in [-0.2, -0.15) is 0 Å². The van der Waals surface area contributed by atoms with Gasteiger partial charge in [-0.3, -0.25) is 0 Å². The highest BCUT2D eigenvalue weighted by Gasteiger charge is 2.44. The van der Waals surface area contributed by atoms with Crippen LogP contribution >= 0.6 is 0 Å². The van der Waals surface area contributed by atoms with Crippen molar-refractivity contribution < 1.29 is 0 Å². The SMILES string of the molecule is CC.CC/C=C1\C(C)(CCC)CC=C(c2ccc(CC)cc2)C1(C)CC. The average Bonchev–Trinajstić information content (AvgIpc) is 2.67. The van der Waals surface area contributed by atoms with Gasteiger partial charge >= 0.3 is 0 Å². The van der Waals surface area contributed by atoms with Crippen molar-refractivity contribution in [1.82, 2.24) is 0 Å². The Balaban J connectivity index is 0.00000163. The van der Waals surface area contributed by atoms with Crippen LogP contribution in [0.3, 0.4) is 0 Å². The van der Waals surface area contributed by atoms with Crippen LogP contribution in [0.4, 0.5) is 0 Å². The molecule has 0 heterocycles. The summed E-state index contributed by atoms with van der Waals surface area (Å²) in [5, 5.41) is 0. The van der Waals surface area contributed by atoms with Gasteiger partial charge in [-0.05, 0) is 54.2 Å². The minimum absolute atomic E-state index is 0.159. The fourth-order valence-electron chi connectivity index (χ4n) is 4.68. The first kappa shape index (κ1) is 22.7. The summed E-state index contributed by atoms with van der Waals surface area (Å²) in [6.07, 6.45) is 12.2. The lowest BCUT2D eigenvalue weighted by Gasteiger charge is -2.48. The van der Waals surface area contributed by atoms with E-state index in [1.54, 1.807) is 11.1 Å². The Morgan fingerprint density at radius 3 is 2.04 bits per heavy atom. The van der Waals surface area contributed by atoms with E-state index >= 15 is 0 Å². The molecule has 0 aliphatic heterocycles. The number of benzene rings is 1. The smallest absolute Gasteiger partial charge is 0.0139 e. The van der Waals surface area contributed by atoms with Crippen LogP contribution in [0.1, 0.15) is 98.6 Å². The van der Waals surface area contributed by atoms with Gasteiger partial charge in [0.25, 0.3) is 0 Å². The van der Waals surface area contributed by atoms with Gasteiger partial charge in [-0.15, -0.1) is 0 Å². The molecule has 146 valence electrons. The van der Waals surface area contributed by atoms with Crippen LogP contribution in [0.15, 0.2) is 42.0 Å². The standard InChI is InChI=1S/C24H36.C2H6/c1-7-11-22-23(5,17-8-2)18-16-21(24(22,6)10-4)20-14-12-19(9-3)13-15-20;1-2/h11-16H,7-10,17-18H2,1-6H3;1-2H3/b22-11+;. The van der Waals surface area contributed by atoms with Crippen LogP contribution in [-0.2, 0) is 6.42 Å². The van der Waals surface area contributed by atoms with Gasteiger partial charge in [0.15, 0.2) is 0 Å². The minimum atomic E-state index is 0.159. The molecule has 1 aliphatic rings. The number of rotatable bonds is 6. The van der Waals surface area contributed by atoms with Crippen LogP contribution in [0.2, 0.25) is 0 Å². The summed E-state index contributed by atoms with van der Waals surface area (Å²) in [4.78, 5) is 0. The summed E-state index contributed by atoms with van der Waals surface area (Å²) in [7, 11) is 0. The van der Waals surface area contributed by atoms with E-state index in [1.165, 1.54) is 36.8 Å². The molecule has 0 aromatic heterocycles. The third-order valence-corrected chi connectivity index (χ3v) is 6.19. The van der Waals surface area contributed by atoms with Gasteiger partial charge < -0.3 is 0 Å². The lowest BCUT2D eigenvalue weighted by Crippen LogP contribution is -2.35. The highest BCUT2D eigenvalue weighted by Crippen LogP contribution is 2.57. The largest absolute Gasteiger partial charge is 0.0842 e. The molecule has 1 aliphatic carbocycles. The topological polar surface area (TPSA) is 0 Å². The number of allylic oxidation sites excluding steroid dienone is 4. The van der Waals surface area contributed by atoms with Crippen molar-refractivity contribution in [1.29, 1.82) is 0 Å². The van der Waals surface area contributed by atoms with Gasteiger partial charge in [0.05, 0.1) is 0 Å². The second kappa shape index (κ2) is 10.1. The van der Waals surface area contributed by atoms with E-state index < -0.39 is 0 Å². The van der Waals surface area contributed by atoms with Crippen LogP contribution in [0, 0.1) is 10.8 Å². The molecule has 2 unspecified atom stereocenters. The molecule has 0 amide bonds. The summed E-state index contributed by atoms with van der Waals surface area (Å²) in [6.45, 7) is 18.1. The average molecular weight is 355 g/mol. The summed E-state index contributed by atoms with van der Waals surface area (Å²) in [6, 6.07) is 9.28. The Labute approximate surface area is 163 Å². The van der Waals surface area contributed by atoms with E-state index in [2.05, 4.69) is 78.0 Å². The molecule has 2 atom stereocenters. The molecule has 0 spiro atoms. The Morgan fingerprint density at radius 1 is 0.962 bits per heavy atom. The molecule has 0 N–H and O–H groups in total. The maximum Gasteiger partial charge on any atom is 0.0139 e. The lowest BCUT2D eigenvalue weighted by atomic mass is 9.56. The maximum absolute atomic E-state index is 2.55. The first-order valence-corrected chi connectivity index (χ1v) is 11.0. The fourth-order valence-corrected chi connectivity index (χ4v) is 4.68. The summed E-state index contributed by atoms with van der Waals surface area (Å²) in [5.74, 6) is 0.